The van der Waals surface area contributed by atoms with Crippen LogP contribution in [0.4, 0.5) is 0 Å². The van der Waals surface area contributed by atoms with E-state index in [-0.39, 0.29) is 0 Å². The van der Waals surface area contributed by atoms with Gasteiger partial charge in [0.25, 0.3) is 0 Å². The molecule has 0 aliphatic heterocycles. The van der Waals surface area contributed by atoms with Crippen molar-refractivity contribution >= 4 is 0 Å². The fourth-order valence-corrected chi connectivity index (χ4v) is 4.26. The summed E-state index contributed by atoms with van der Waals surface area (Å²) < 4.78 is 0. The molecule has 0 heterocycles. The Bertz CT molecular complexity index is 190. The average molecular weight is 208 g/mol. The topological polar surface area (TPSA) is 0 Å². The Morgan fingerprint density at radius 3 is 2.00 bits per heavy atom. The second-order valence-electron chi connectivity index (χ2n) is 6.33. The first-order chi connectivity index (χ1) is 7.20. The van der Waals surface area contributed by atoms with Crippen molar-refractivity contribution in [1.29, 1.82) is 0 Å². The normalized spacial score (nSPS) is 37.0. The van der Waals surface area contributed by atoms with Crippen LogP contribution in [-0.2, 0) is 0 Å². The average Bonchev–Trinajstić information content (AvgIpc) is 2.85. The van der Waals surface area contributed by atoms with E-state index in [4.69, 9.17) is 0 Å². The van der Waals surface area contributed by atoms with E-state index in [1.54, 1.807) is 0 Å². The minimum atomic E-state index is 0.977. The summed E-state index contributed by atoms with van der Waals surface area (Å²) in [7, 11) is 0. The van der Waals surface area contributed by atoms with Crippen molar-refractivity contribution < 1.29 is 0 Å². The molecule has 0 amide bonds. The predicted octanol–water partition coefficient (Wildman–Crippen LogP) is 4.89. The molecule has 0 heteroatoms. The highest BCUT2D eigenvalue weighted by Gasteiger charge is 2.34. The molecule has 0 spiro atoms. The maximum absolute atomic E-state index is 2.54. The highest BCUT2D eigenvalue weighted by atomic mass is 14.4. The van der Waals surface area contributed by atoms with Gasteiger partial charge >= 0.3 is 0 Å². The Hall–Kier alpha value is 0. The van der Waals surface area contributed by atoms with E-state index in [1.807, 2.05) is 0 Å². The molecule has 2 saturated carbocycles. The van der Waals surface area contributed by atoms with Crippen molar-refractivity contribution in [2.24, 2.45) is 29.6 Å². The second-order valence-corrected chi connectivity index (χ2v) is 6.33. The van der Waals surface area contributed by atoms with Gasteiger partial charge < -0.3 is 0 Å². The van der Waals surface area contributed by atoms with E-state index in [0.29, 0.717) is 0 Å². The lowest BCUT2D eigenvalue weighted by Crippen LogP contribution is -2.25. The molecule has 0 radical (unpaired) electrons. The third-order valence-electron chi connectivity index (χ3n) is 5.58. The summed E-state index contributed by atoms with van der Waals surface area (Å²) >= 11 is 0. The lowest BCUT2D eigenvalue weighted by molar-refractivity contribution is 0.168. The van der Waals surface area contributed by atoms with Crippen molar-refractivity contribution in [2.75, 3.05) is 0 Å². The Kier molecular flexibility index (Phi) is 3.74. The van der Waals surface area contributed by atoms with Crippen LogP contribution in [0.1, 0.15) is 65.7 Å². The van der Waals surface area contributed by atoms with Gasteiger partial charge in [0.05, 0.1) is 0 Å². The summed E-state index contributed by atoms with van der Waals surface area (Å²) in [6, 6.07) is 0. The van der Waals surface area contributed by atoms with Crippen LogP contribution < -0.4 is 0 Å². The molecular formula is C15H28. The molecule has 0 aromatic rings. The number of rotatable bonds is 3. The van der Waals surface area contributed by atoms with Crippen LogP contribution >= 0.6 is 0 Å². The first-order valence-corrected chi connectivity index (χ1v) is 7.20. The van der Waals surface area contributed by atoms with Crippen LogP contribution in [0, 0.1) is 29.6 Å². The van der Waals surface area contributed by atoms with Crippen LogP contribution in [0.2, 0.25) is 0 Å². The van der Waals surface area contributed by atoms with Crippen LogP contribution in [0.5, 0.6) is 0 Å². The molecule has 2 aliphatic rings. The van der Waals surface area contributed by atoms with E-state index in [1.165, 1.54) is 44.9 Å². The van der Waals surface area contributed by atoms with E-state index >= 15 is 0 Å². The van der Waals surface area contributed by atoms with Gasteiger partial charge in [0, 0.05) is 0 Å². The largest absolute Gasteiger partial charge is 0.0622 e. The standard InChI is InChI=1S/C15H28/c1-11-7-6-10-15(11)13(3)12(2)14-8-4-5-9-14/h11-15H,4-10H2,1-3H3. The van der Waals surface area contributed by atoms with Crippen LogP contribution in [0.15, 0.2) is 0 Å². The van der Waals surface area contributed by atoms with Gasteiger partial charge in [-0.3, -0.25) is 0 Å². The van der Waals surface area contributed by atoms with Gasteiger partial charge in [-0.1, -0.05) is 59.3 Å². The third-order valence-corrected chi connectivity index (χ3v) is 5.58. The van der Waals surface area contributed by atoms with E-state index in [2.05, 4.69) is 20.8 Å². The molecule has 2 aliphatic carbocycles. The van der Waals surface area contributed by atoms with Crippen molar-refractivity contribution in [1.82, 2.24) is 0 Å². The minimum absolute atomic E-state index is 0.977. The summed E-state index contributed by atoms with van der Waals surface area (Å²) in [5, 5.41) is 0. The third kappa shape index (κ3) is 2.40. The quantitative estimate of drug-likeness (QED) is 0.620. The Balaban J connectivity index is 1.90. The smallest absolute Gasteiger partial charge is 0.0360 e. The van der Waals surface area contributed by atoms with Crippen molar-refractivity contribution in [3.63, 3.8) is 0 Å². The van der Waals surface area contributed by atoms with Gasteiger partial charge in [0.15, 0.2) is 0 Å². The van der Waals surface area contributed by atoms with Gasteiger partial charge in [-0.2, -0.15) is 0 Å². The SMILES string of the molecule is CC1CCCC1C(C)C(C)C1CCCC1. The van der Waals surface area contributed by atoms with Crippen molar-refractivity contribution in [3.8, 4) is 0 Å². The molecule has 15 heavy (non-hydrogen) atoms. The zero-order chi connectivity index (χ0) is 10.8. The van der Waals surface area contributed by atoms with E-state index < -0.39 is 0 Å². The number of hydrogen-bond donors (Lipinski definition) is 0. The molecule has 4 unspecified atom stereocenters. The summed E-state index contributed by atoms with van der Waals surface area (Å²) in [6.07, 6.45) is 10.5. The van der Waals surface area contributed by atoms with Gasteiger partial charge in [-0.25, -0.2) is 0 Å². The minimum Gasteiger partial charge on any atom is -0.0622 e. The molecule has 0 nitrogen and oxygen atoms in total. The Morgan fingerprint density at radius 2 is 1.47 bits per heavy atom. The lowest BCUT2D eigenvalue weighted by Gasteiger charge is -2.32. The molecular weight excluding hydrogens is 180 g/mol. The second kappa shape index (κ2) is 4.89. The highest BCUT2D eigenvalue weighted by Crippen LogP contribution is 2.44. The van der Waals surface area contributed by atoms with E-state index in [9.17, 15) is 0 Å². The molecule has 0 aromatic carbocycles. The van der Waals surface area contributed by atoms with Crippen LogP contribution in [-0.4, -0.2) is 0 Å². The molecule has 0 aromatic heterocycles. The molecule has 2 fully saturated rings. The summed E-state index contributed by atoms with van der Waals surface area (Å²) in [6.45, 7) is 7.55. The molecule has 4 atom stereocenters. The Labute approximate surface area is 95.8 Å². The first-order valence-electron chi connectivity index (χ1n) is 7.20. The van der Waals surface area contributed by atoms with Crippen LogP contribution in [0.25, 0.3) is 0 Å². The molecule has 0 bridgehead atoms. The van der Waals surface area contributed by atoms with Crippen molar-refractivity contribution in [2.45, 2.75) is 65.7 Å². The number of hydrogen-bond acceptors (Lipinski definition) is 0. The van der Waals surface area contributed by atoms with Crippen molar-refractivity contribution in [3.05, 3.63) is 0 Å². The summed E-state index contributed by atoms with van der Waals surface area (Å²) in [4.78, 5) is 0. The maximum atomic E-state index is 2.54. The monoisotopic (exact) mass is 208 g/mol. The van der Waals surface area contributed by atoms with E-state index in [0.717, 1.165) is 29.6 Å². The van der Waals surface area contributed by atoms with Gasteiger partial charge in [0.2, 0.25) is 0 Å². The zero-order valence-electron chi connectivity index (χ0n) is 10.8. The summed E-state index contributed by atoms with van der Waals surface area (Å²) in [5.41, 5.74) is 0. The molecule has 0 saturated heterocycles. The Morgan fingerprint density at radius 1 is 0.800 bits per heavy atom. The molecule has 2 rings (SSSR count). The fourth-order valence-electron chi connectivity index (χ4n) is 4.26. The predicted molar refractivity (Wildman–Crippen MR) is 66.8 cm³/mol. The summed E-state index contributed by atoms with van der Waals surface area (Å²) in [5.74, 6) is 5.07. The zero-order valence-corrected chi connectivity index (χ0v) is 10.8. The first kappa shape index (κ1) is 11.5. The van der Waals surface area contributed by atoms with Gasteiger partial charge in [0.1, 0.15) is 0 Å². The maximum Gasteiger partial charge on any atom is -0.0360 e. The molecule has 88 valence electrons. The van der Waals surface area contributed by atoms with Gasteiger partial charge in [-0.05, 0) is 36.0 Å². The van der Waals surface area contributed by atoms with Crippen LogP contribution in [0.3, 0.4) is 0 Å². The highest BCUT2D eigenvalue weighted by molar-refractivity contribution is 4.84. The van der Waals surface area contributed by atoms with Gasteiger partial charge in [-0.15, -0.1) is 0 Å². The lowest BCUT2D eigenvalue weighted by atomic mass is 9.73. The molecule has 0 N–H and O–H groups in total. The fraction of sp³-hybridized carbons (Fsp3) is 1.00.